The number of carbonyl (C=O) groups is 1. The van der Waals surface area contributed by atoms with Gasteiger partial charge >= 0.3 is 0 Å². The van der Waals surface area contributed by atoms with Crippen LogP contribution in [0, 0.1) is 12.7 Å². The highest BCUT2D eigenvalue weighted by molar-refractivity contribution is 9.10. The summed E-state index contributed by atoms with van der Waals surface area (Å²) in [4.78, 5) is 16.2. The van der Waals surface area contributed by atoms with Crippen LogP contribution in [-0.4, -0.2) is 10.8 Å². The van der Waals surface area contributed by atoms with Crippen molar-refractivity contribution < 1.29 is 9.18 Å². The summed E-state index contributed by atoms with van der Waals surface area (Å²) in [7, 11) is 0. The largest absolute Gasteiger partial charge is 0.292 e. The first-order chi connectivity index (χ1) is 8.58. The van der Waals surface area contributed by atoms with Gasteiger partial charge in [-0.25, -0.2) is 4.39 Å². The van der Waals surface area contributed by atoms with E-state index in [0.29, 0.717) is 10.2 Å². The number of halogens is 2. The average Bonchev–Trinajstić information content (AvgIpc) is 2.33. The number of aryl methyl sites for hydroxylation is 1. The van der Waals surface area contributed by atoms with Crippen LogP contribution in [0.1, 0.15) is 21.6 Å². The van der Waals surface area contributed by atoms with Gasteiger partial charge in [0.15, 0.2) is 5.78 Å². The molecule has 2 rings (SSSR count). The molecular weight excluding hydrogens is 297 g/mol. The second-order valence-corrected chi connectivity index (χ2v) is 4.86. The zero-order valence-corrected chi connectivity index (χ0v) is 11.4. The number of aromatic nitrogens is 1. The Kier molecular flexibility index (Phi) is 3.87. The maximum Gasteiger partial charge on any atom is 0.185 e. The van der Waals surface area contributed by atoms with Gasteiger partial charge in [0.05, 0.1) is 0 Å². The van der Waals surface area contributed by atoms with E-state index in [9.17, 15) is 9.18 Å². The Balaban J connectivity index is 2.24. The lowest BCUT2D eigenvalue weighted by atomic mass is 10.0. The Hall–Kier alpha value is -1.55. The first-order valence-electron chi connectivity index (χ1n) is 5.46. The molecule has 0 fully saturated rings. The van der Waals surface area contributed by atoms with Crippen molar-refractivity contribution in [2.75, 3.05) is 0 Å². The summed E-state index contributed by atoms with van der Waals surface area (Å²) in [5.41, 5.74) is 2.07. The van der Waals surface area contributed by atoms with E-state index < -0.39 is 0 Å². The number of pyridine rings is 1. The molecule has 0 radical (unpaired) electrons. The molecule has 0 amide bonds. The molecule has 0 bridgehead atoms. The van der Waals surface area contributed by atoms with Crippen LogP contribution in [0.5, 0.6) is 0 Å². The maximum atomic E-state index is 12.9. The summed E-state index contributed by atoms with van der Waals surface area (Å²) in [6.07, 6.45) is 1.80. The molecule has 18 heavy (non-hydrogen) atoms. The molecule has 0 spiro atoms. The molecule has 1 heterocycles. The molecule has 0 aliphatic rings. The number of ketones is 1. The molecule has 0 saturated heterocycles. The second kappa shape index (κ2) is 5.40. The van der Waals surface area contributed by atoms with Gasteiger partial charge in [0.1, 0.15) is 11.5 Å². The fourth-order valence-corrected chi connectivity index (χ4v) is 2.19. The minimum Gasteiger partial charge on any atom is -0.292 e. The van der Waals surface area contributed by atoms with Gasteiger partial charge in [-0.1, -0.05) is 28.1 Å². The third-order valence-electron chi connectivity index (χ3n) is 2.64. The first kappa shape index (κ1) is 12.9. The Labute approximate surface area is 113 Å². The van der Waals surface area contributed by atoms with E-state index in [-0.39, 0.29) is 18.0 Å². The van der Waals surface area contributed by atoms with Crippen molar-refractivity contribution in [1.29, 1.82) is 0 Å². The summed E-state index contributed by atoms with van der Waals surface area (Å²) in [6.45, 7) is 1.85. The standard InChI is InChI=1S/C14H11BrFNO/c1-9-3-2-6-17-14(9)13(18)7-10-4-5-11(16)8-12(10)15/h2-6,8H,7H2,1H3. The number of nitrogens with zero attached hydrogens (tertiary/aromatic N) is 1. The molecule has 0 atom stereocenters. The lowest BCUT2D eigenvalue weighted by Crippen LogP contribution is -2.08. The van der Waals surface area contributed by atoms with Gasteiger partial charge in [-0.3, -0.25) is 9.78 Å². The van der Waals surface area contributed by atoms with E-state index in [1.54, 1.807) is 18.3 Å². The number of benzene rings is 1. The van der Waals surface area contributed by atoms with Crippen LogP contribution >= 0.6 is 15.9 Å². The van der Waals surface area contributed by atoms with E-state index >= 15 is 0 Å². The van der Waals surface area contributed by atoms with Gasteiger partial charge < -0.3 is 0 Å². The van der Waals surface area contributed by atoms with Crippen molar-refractivity contribution in [2.45, 2.75) is 13.3 Å². The van der Waals surface area contributed by atoms with Gasteiger partial charge in [0, 0.05) is 17.1 Å². The van der Waals surface area contributed by atoms with Crippen molar-refractivity contribution in [3.8, 4) is 0 Å². The van der Waals surface area contributed by atoms with E-state index in [0.717, 1.165) is 11.1 Å². The topological polar surface area (TPSA) is 30.0 Å². The zero-order valence-electron chi connectivity index (χ0n) is 9.78. The fourth-order valence-electron chi connectivity index (χ4n) is 1.70. The van der Waals surface area contributed by atoms with Crippen molar-refractivity contribution in [3.63, 3.8) is 0 Å². The van der Waals surface area contributed by atoms with Crippen LogP contribution in [0.3, 0.4) is 0 Å². The number of hydrogen-bond acceptors (Lipinski definition) is 2. The number of rotatable bonds is 3. The lowest BCUT2D eigenvalue weighted by molar-refractivity contribution is 0.0987. The van der Waals surface area contributed by atoms with Crippen LogP contribution in [0.2, 0.25) is 0 Å². The summed E-state index contributed by atoms with van der Waals surface area (Å²) in [5, 5.41) is 0. The van der Waals surface area contributed by atoms with Crippen LogP contribution in [0.4, 0.5) is 4.39 Å². The van der Waals surface area contributed by atoms with Crippen LogP contribution in [-0.2, 0) is 6.42 Å². The van der Waals surface area contributed by atoms with Gasteiger partial charge in [0.2, 0.25) is 0 Å². The van der Waals surface area contributed by atoms with Crippen molar-refractivity contribution in [3.05, 3.63) is 63.6 Å². The maximum absolute atomic E-state index is 12.9. The highest BCUT2D eigenvalue weighted by Crippen LogP contribution is 2.20. The molecule has 0 N–H and O–H groups in total. The lowest BCUT2D eigenvalue weighted by Gasteiger charge is -2.05. The van der Waals surface area contributed by atoms with E-state index in [1.165, 1.54) is 12.1 Å². The molecule has 1 aromatic carbocycles. The van der Waals surface area contributed by atoms with Crippen LogP contribution in [0.25, 0.3) is 0 Å². The molecule has 0 unspecified atom stereocenters. The number of Topliss-reactive ketones (excluding diaryl/α,β-unsaturated/α-hetero) is 1. The molecule has 0 aliphatic heterocycles. The quantitative estimate of drug-likeness (QED) is 0.809. The molecule has 1 aromatic heterocycles. The van der Waals surface area contributed by atoms with Gasteiger partial charge in [0.25, 0.3) is 0 Å². The fraction of sp³-hybridized carbons (Fsp3) is 0.143. The number of hydrogen-bond donors (Lipinski definition) is 0. The minimum atomic E-state index is -0.327. The third kappa shape index (κ3) is 2.82. The highest BCUT2D eigenvalue weighted by atomic mass is 79.9. The van der Waals surface area contributed by atoms with Crippen molar-refractivity contribution in [2.24, 2.45) is 0 Å². The van der Waals surface area contributed by atoms with Crippen molar-refractivity contribution in [1.82, 2.24) is 4.98 Å². The number of carbonyl (C=O) groups excluding carboxylic acids is 1. The summed E-state index contributed by atoms with van der Waals surface area (Å²) in [5.74, 6) is -0.396. The van der Waals surface area contributed by atoms with Crippen LogP contribution in [0.15, 0.2) is 41.0 Å². The molecule has 0 saturated carbocycles. The summed E-state index contributed by atoms with van der Waals surface area (Å²) >= 11 is 3.25. The molecule has 0 aliphatic carbocycles. The Morgan fingerprint density at radius 1 is 1.39 bits per heavy atom. The van der Waals surface area contributed by atoms with E-state index in [2.05, 4.69) is 20.9 Å². The molecule has 2 nitrogen and oxygen atoms in total. The third-order valence-corrected chi connectivity index (χ3v) is 3.38. The molecule has 92 valence electrons. The average molecular weight is 308 g/mol. The molecule has 2 aromatic rings. The monoisotopic (exact) mass is 307 g/mol. The zero-order chi connectivity index (χ0) is 13.1. The minimum absolute atomic E-state index is 0.0691. The van der Waals surface area contributed by atoms with Gasteiger partial charge in [-0.05, 0) is 36.2 Å². The highest BCUT2D eigenvalue weighted by Gasteiger charge is 2.13. The predicted octanol–water partition coefficient (Wildman–Crippen LogP) is 3.72. The normalized spacial score (nSPS) is 10.4. The van der Waals surface area contributed by atoms with Crippen molar-refractivity contribution >= 4 is 21.7 Å². The summed E-state index contributed by atoms with van der Waals surface area (Å²) < 4.78 is 13.5. The first-order valence-corrected chi connectivity index (χ1v) is 6.26. The Morgan fingerprint density at radius 2 is 2.17 bits per heavy atom. The predicted molar refractivity (Wildman–Crippen MR) is 71.1 cm³/mol. The Bertz CT molecular complexity index is 598. The molecular formula is C14H11BrFNO. The van der Waals surface area contributed by atoms with E-state index in [4.69, 9.17) is 0 Å². The summed E-state index contributed by atoms with van der Waals surface area (Å²) in [6, 6.07) is 7.95. The SMILES string of the molecule is Cc1cccnc1C(=O)Cc1ccc(F)cc1Br. The smallest absolute Gasteiger partial charge is 0.185 e. The molecule has 4 heteroatoms. The second-order valence-electron chi connectivity index (χ2n) is 4.00. The van der Waals surface area contributed by atoms with Crippen LogP contribution < -0.4 is 0 Å². The van der Waals surface area contributed by atoms with E-state index in [1.807, 2.05) is 13.0 Å². The van der Waals surface area contributed by atoms with Gasteiger partial charge in [-0.15, -0.1) is 0 Å². The Morgan fingerprint density at radius 3 is 2.83 bits per heavy atom. The van der Waals surface area contributed by atoms with Gasteiger partial charge in [-0.2, -0.15) is 0 Å².